The summed E-state index contributed by atoms with van der Waals surface area (Å²) >= 11 is 0. The lowest BCUT2D eigenvalue weighted by molar-refractivity contribution is 0.459. The number of hydrogen-bond acceptors (Lipinski definition) is 5. The van der Waals surface area contributed by atoms with Crippen LogP contribution in [0.25, 0.3) is 0 Å². The van der Waals surface area contributed by atoms with Gasteiger partial charge < -0.3 is 4.90 Å². The van der Waals surface area contributed by atoms with E-state index in [1.54, 1.807) is 12.1 Å². The Morgan fingerprint density at radius 2 is 1.52 bits per heavy atom. The van der Waals surface area contributed by atoms with E-state index < -0.39 is 19.9 Å². The summed E-state index contributed by atoms with van der Waals surface area (Å²) in [4.78, 5) is 2.47. The number of piperidine rings is 1. The minimum Gasteiger partial charge on any atom is -0.371 e. The van der Waals surface area contributed by atoms with Crippen molar-refractivity contribution in [2.45, 2.75) is 41.9 Å². The predicted octanol–water partition coefficient (Wildman–Crippen LogP) is 1.14. The Hall–Kier alpha value is -1.12. The molecule has 1 aromatic rings. The standard InChI is InChI=1S/C15H22N2O4S2/c1-22(18,19)14-4-2-13(3-5-14)17-10-8-12(9-11-17)16-23(20,21)15-6-7-15/h2-5,12,15-16H,6-11H2,1H3. The normalized spacial score (nSPS) is 20.7. The second kappa shape index (κ2) is 6.07. The zero-order valence-corrected chi connectivity index (χ0v) is 14.7. The quantitative estimate of drug-likeness (QED) is 0.853. The molecule has 128 valence electrons. The Bertz CT molecular complexity index is 760. The van der Waals surface area contributed by atoms with E-state index in [1.807, 2.05) is 12.1 Å². The van der Waals surface area contributed by atoms with Gasteiger partial charge in [-0.1, -0.05) is 0 Å². The van der Waals surface area contributed by atoms with E-state index in [4.69, 9.17) is 0 Å². The molecule has 1 N–H and O–H groups in total. The van der Waals surface area contributed by atoms with Crippen molar-refractivity contribution in [2.75, 3.05) is 24.2 Å². The van der Waals surface area contributed by atoms with Crippen LogP contribution in [0, 0.1) is 0 Å². The molecule has 1 aromatic carbocycles. The predicted molar refractivity (Wildman–Crippen MR) is 89.9 cm³/mol. The van der Waals surface area contributed by atoms with Crippen molar-refractivity contribution in [3.63, 3.8) is 0 Å². The zero-order valence-electron chi connectivity index (χ0n) is 13.1. The molecule has 0 unspecified atom stereocenters. The first kappa shape index (κ1) is 16.7. The maximum absolute atomic E-state index is 12.0. The molecule has 3 rings (SSSR count). The first-order valence-corrected chi connectivity index (χ1v) is 11.3. The molecular formula is C15H22N2O4S2. The van der Waals surface area contributed by atoms with E-state index in [0.29, 0.717) is 4.90 Å². The van der Waals surface area contributed by atoms with E-state index in [-0.39, 0.29) is 11.3 Å². The van der Waals surface area contributed by atoms with Crippen molar-refractivity contribution in [2.24, 2.45) is 0 Å². The van der Waals surface area contributed by atoms with Crippen molar-refractivity contribution in [1.29, 1.82) is 0 Å². The lowest BCUT2D eigenvalue weighted by Gasteiger charge is -2.33. The third kappa shape index (κ3) is 4.05. The summed E-state index contributed by atoms with van der Waals surface area (Å²) in [6.45, 7) is 1.52. The van der Waals surface area contributed by atoms with Crippen LogP contribution in [-0.2, 0) is 19.9 Å². The van der Waals surface area contributed by atoms with Gasteiger partial charge in [-0.2, -0.15) is 0 Å². The van der Waals surface area contributed by atoms with E-state index in [0.717, 1.165) is 44.5 Å². The van der Waals surface area contributed by atoms with Crippen LogP contribution in [0.2, 0.25) is 0 Å². The summed E-state index contributed by atoms with van der Waals surface area (Å²) < 4.78 is 49.7. The molecule has 1 heterocycles. The van der Waals surface area contributed by atoms with Gasteiger partial charge in [0, 0.05) is 31.1 Å². The van der Waals surface area contributed by atoms with Crippen LogP contribution in [0.3, 0.4) is 0 Å². The topological polar surface area (TPSA) is 83.6 Å². The minimum atomic E-state index is -3.18. The maximum Gasteiger partial charge on any atom is 0.214 e. The number of nitrogens with zero attached hydrogens (tertiary/aromatic N) is 1. The zero-order chi connectivity index (χ0) is 16.7. The van der Waals surface area contributed by atoms with Crippen molar-refractivity contribution >= 4 is 25.5 Å². The van der Waals surface area contributed by atoms with Gasteiger partial charge in [0.1, 0.15) is 0 Å². The fourth-order valence-corrected chi connectivity index (χ4v) is 5.15. The highest BCUT2D eigenvalue weighted by molar-refractivity contribution is 7.90. The SMILES string of the molecule is CS(=O)(=O)c1ccc(N2CCC(NS(=O)(=O)C3CC3)CC2)cc1. The van der Waals surface area contributed by atoms with Crippen molar-refractivity contribution in [3.05, 3.63) is 24.3 Å². The lowest BCUT2D eigenvalue weighted by Crippen LogP contribution is -2.45. The Balaban J connectivity index is 1.58. The van der Waals surface area contributed by atoms with Crippen LogP contribution in [0.4, 0.5) is 5.69 Å². The molecule has 23 heavy (non-hydrogen) atoms. The molecule has 0 spiro atoms. The number of benzene rings is 1. The van der Waals surface area contributed by atoms with Gasteiger partial charge in [-0.25, -0.2) is 21.6 Å². The van der Waals surface area contributed by atoms with Gasteiger partial charge >= 0.3 is 0 Å². The van der Waals surface area contributed by atoms with Gasteiger partial charge in [0.2, 0.25) is 10.0 Å². The monoisotopic (exact) mass is 358 g/mol. The fraction of sp³-hybridized carbons (Fsp3) is 0.600. The van der Waals surface area contributed by atoms with Gasteiger partial charge in [0.15, 0.2) is 9.84 Å². The largest absolute Gasteiger partial charge is 0.371 e. The van der Waals surface area contributed by atoms with Gasteiger partial charge in [-0.3, -0.25) is 0 Å². The Kier molecular flexibility index (Phi) is 4.41. The molecule has 2 fully saturated rings. The van der Waals surface area contributed by atoms with Gasteiger partial charge in [-0.05, 0) is 49.9 Å². The minimum absolute atomic E-state index is 0.00661. The molecule has 1 aliphatic heterocycles. The van der Waals surface area contributed by atoms with Crippen LogP contribution >= 0.6 is 0 Å². The fourth-order valence-electron chi connectivity index (χ4n) is 2.87. The third-order valence-electron chi connectivity index (χ3n) is 4.42. The second-order valence-electron chi connectivity index (χ2n) is 6.39. The second-order valence-corrected chi connectivity index (χ2v) is 10.4. The summed E-state index contributed by atoms with van der Waals surface area (Å²) in [5.41, 5.74) is 0.973. The molecule has 0 aromatic heterocycles. The molecule has 0 atom stereocenters. The van der Waals surface area contributed by atoms with E-state index in [2.05, 4.69) is 9.62 Å². The van der Waals surface area contributed by atoms with Gasteiger partial charge in [-0.15, -0.1) is 0 Å². The number of nitrogens with one attached hydrogen (secondary N) is 1. The number of anilines is 1. The number of rotatable bonds is 5. The average Bonchev–Trinajstić information content (AvgIpc) is 3.32. The first-order chi connectivity index (χ1) is 10.8. The molecule has 0 bridgehead atoms. The summed E-state index contributed by atoms with van der Waals surface area (Å²) in [5, 5.41) is -0.177. The van der Waals surface area contributed by atoms with Crippen molar-refractivity contribution < 1.29 is 16.8 Å². The summed E-state index contributed by atoms with van der Waals surface area (Å²) in [6, 6.07) is 6.86. The highest BCUT2D eigenvalue weighted by atomic mass is 32.2. The van der Waals surface area contributed by atoms with E-state index in [9.17, 15) is 16.8 Å². The van der Waals surface area contributed by atoms with Crippen LogP contribution in [0.1, 0.15) is 25.7 Å². The molecule has 1 aliphatic carbocycles. The lowest BCUT2D eigenvalue weighted by atomic mass is 10.1. The van der Waals surface area contributed by atoms with Crippen LogP contribution < -0.4 is 9.62 Å². The van der Waals surface area contributed by atoms with Crippen molar-refractivity contribution in [3.8, 4) is 0 Å². The number of sulfone groups is 1. The van der Waals surface area contributed by atoms with Crippen LogP contribution in [-0.4, -0.2) is 47.5 Å². The number of hydrogen-bond donors (Lipinski definition) is 1. The molecule has 1 saturated carbocycles. The van der Waals surface area contributed by atoms with Crippen LogP contribution in [0.15, 0.2) is 29.2 Å². The molecule has 2 aliphatic rings. The van der Waals surface area contributed by atoms with Gasteiger partial charge in [0.25, 0.3) is 0 Å². The Labute approximate surface area is 137 Å². The summed E-state index contributed by atoms with van der Waals surface area (Å²) in [7, 11) is -6.30. The molecule has 6 nitrogen and oxygen atoms in total. The van der Waals surface area contributed by atoms with E-state index in [1.165, 1.54) is 6.26 Å². The molecule has 0 amide bonds. The van der Waals surface area contributed by atoms with E-state index >= 15 is 0 Å². The van der Waals surface area contributed by atoms with Crippen LogP contribution in [0.5, 0.6) is 0 Å². The molecular weight excluding hydrogens is 336 g/mol. The number of sulfonamides is 1. The third-order valence-corrected chi connectivity index (χ3v) is 7.56. The molecule has 1 saturated heterocycles. The van der Waals surface area contributed by atoms with Crippen molar-refractivity contribution in [1.82, 2.24) is 4.72 Å². The smallest absolute Gasteiger partial charge is 0.214 e. The first-order valence-electron chi connectivity index (χ1n) is 7.82. The molecule has 8 heteroatoms. The highest BCUT2D eigenvalue weighted by Crippen LogP contribution is 2.29. The van der Waals surface area contributed by atoms with Gasteiger partial charge in [0.05, 0.1) is 10.1 Å². The Morgan fingerprint density at radius 3 is 2.00 bits per heavy atom. The maximum atomic E-state index is 12.0. The Morgan fingerprint density at radius 1 is 0.957 bits per heavy atom. The molecule has 0 radical (unpaired) electrons. The highest BCUT2D eigenvalue weighted by Gasteiger charge is 2.37. The summed E-state index contributed by atoms with van der Waals surface area (Å²) in [6.07, 6.45) is 4.28. The average molecular weight is 358 g/mol. The summed E-state index contributed by atoms with van der Waals surface area (Å²) in [5.74, 6) is 0.